The van der Waals surface area contributed by atoms with Gasteiger partial charge in [-0.1, -0.05) is 55.5 Å². The number of carbonyl (C=O) groups excluding carboxylic acids is 1. The summed E-state index contributed by atoms with van der Waals surface area (Å²) in [7, 11) is 1.61. The Balaban J connectivity index is 1.63. The Morgan fingerprint density at radius 3 is 2.74 bits per heavy atom. The van der Waals surface area contributed by atoms with Gasteiger partial charge in [0.1, 0.15) is 6.61 Å². The molecule has 0 saturated carbocycles. The van der Waals surface area contributed by atoms with Gasteiger partial charge in [-0.25, -0.2) is 0 Å². The molecule has 0 radical (unpaired) electrons. The molecular weight excluding hydrogens is 388 g/mol. The highest BCUT2D eigenvalue weighted by Crippen LogP contribution is 2.32. The van der Waals surface area contributed by atoms with Crippen molar-refractivity contribution in [1.82, 2.24) is 5.32 Å². The van der Waals surface area contributed by atoms with Crippen LogP contribution in [0.2, 0.25) is 0 Å². The monoisotopic (exact) mass is 414 g/mol. The number of rotatable bonds is 8. The molecule has 1 atom stereocenters. The molecule has 0 bridgehead atoms. The SMILES string of the molecule is COc1ccc(C(C)CC(=O)NC2=CC=CC(C#N)=CC2)cc1OCc1ccccc1. The highest BCUT2D eigenvalue weighted by Gasteiger charge is 2.15. The van der Waals surface area contributed by atoms with Crippen molar-refractivity contribution in [3.63, 3.8) is 0 Å². The van der Waals surface area contributed by atoms with Gasteiger partial charge in [0.15, 0.2) is 11.5 Å². The van der Waals surface area contributed by atoms with E-state index in [0.717, 1.165) is 16.8 Å². The van der Waals surface area contributed by atoms with Crippen LogP contribution >= 0.6 is 0 Å². The minimum absolute atomic E-state index is 0.00267. The van der Waals surface area contributed by atoms with Crippen LogP contribution in [0.5, 0.6) is 11.5 Å². The molecule has 0 fully saturated rings. The highest BCUT2D eigenvalue weighted by atomic mass is 16.5. The first-order chi connectivity index (χ1) is 15.1. The molecule has 0 saturated heterocycles. The van der Waals surface area contributed by atoms with Crippen molar-refractivity contribution in [3.05, 3.63) is 95.2 Å². The second-order valence-corrected chi connectivity index (χ2v) is 7.36. The Morgan fingerprint density at radius 1 is 1.19 bits per heavy atom. The minimum Gasteiger partial charge on any atom is -0.493 e. The lowest BCUT2D eigenvalue weighted by molar-refractivity contribution is -0.120. The Bertz CT molecular complexity index is 1050. The smallest absolute Gasteiger partial charge is 0.224 e. The lowest BCUT2D eigenvalue weighted by atomic mass is 9.97. The van der Waals surface area contributed by atoms with Crippen LogP contribution in [0.4, 0.5) is 0 Å². The van der Waals surface area contributed by atoms with Gasteiger partial charge < -0.3 is 14.8 Å². The van der Waals surface area contributed by atoms with Crippen molar-refractivity contribution in [2.75, 3.05) is 7.11 Å². The quantitative estimate of drug-likeness (QED) is 0.646. The highest BCUT2D eigenvalue weighted by molar-refractivity contribution is 5.79. The summed E-state index contributed by atoms with van der Waals surface area (Å²) in [5.74, 6) is 1.24. The number of nitriles is 1. The van der Waals surface area contributed by atoms with Gasteiger partial charge in [-0.05, 0) is 41.3 Å². The number of carbonyl (C=O) groups is 1. The number of nitrogens with zero attached hydrogens (tertiary/aromatic N) is 1. The van der Waals surface area contributed by atoms with Crippen LogP contribution in [0.15, 0.2) is 84.1 Å². The number of amides is 1. The van der Waals surface area contributed by atoms with Crippen molar-refractivity contribution in [1.29, 1.82) is 5.26 Å². The largest absolute Gasteiger partial charge is 0.493 e. The predicted molar refractivity (Wildman–Crippen MR) is 120 cm³/mol. The fourth-order valence-electron chi connectivity index (χ4n) is 3.27. The Kier molecular flexibility index (Phi) is 7.67. The number of allylic oxidation sites excluding steroid dienone is 5. The fourth-order valence-corrected chi connectivity index (χ4v) is 3.27. The molecule has 0 spiro atoms. The lowest BCUT2D eigenvalue weighted by Crippen LogP contribution is -2.23. The number of methoxy groups -OCH3 is 1. The second-order valence-electron chi connectivity index (χ2n) is 7.36. The van der Waals surface area contributed by atoms with Crippen LogP contribution in [0.25, 0.3) is 0 Å². The van der Waals surface area contributed by atoms with Crippen LogP contribution in [-0.2, 0) is 11.4 Å². The molecule has 3 rings (SSSR count). The van der Waals surface area contributed by atoms with E-state index in [4.69, 9.17) is 14.7 Å². The Hall–Kier alpha value is -3.78. The van der Waals surface area contributed by atoms with Crippen LogP contribution in [0, 0.1) is 11.3 Å². The molecular formula is C26H26N2O3. The normalized spacial score (nSPS) is 13.8. The van der Waals surface area contributed by atoms with E-state index in [1.807, 2.05) is 61.5 Å². The summed E-state index contributed by atoms with van der Waals surface area (Å²) in [6, 6.07) is 17.8. The second kappa shape index (κ2) is 10.8. The van der Waals surface area contributed by atoms with Crippen LogP contribution in [0.3, 0.4) is 0 Å². The van der Waals surface area contributed by atoms with E-state index >= 15 is 0 Å². The maximum absolute atomic E-state index is 12.6. The fraction of sp³-hybridized carbons (Fsp3) is 0.231. The molecule has 1 aliphatic rings. The van der Waals surface area contributed by atoms with E-state index in [1.165, 1.54) is 0 Å². The van der Waals surface area contributed by atoms with Crippen LogP contribution < -0.4 is 14.8 Å². The molecule has 2 aromatic rings. The van der Waals surface area contributed by atoms with E-state index in [1.54, 1.807) is 25.3 Å². The van der Waals surface area contributed by atoms with Gasteiger partial charge in [0, 0.05) is 24.1 Å². The summed E-state index contributed by atoms with van der Waals surface area (Å²) in [6.07, 6.45) is 8.00. The van der Waals surface area contributed by atoms with Gasteiger partial charge in [-0.2, -0.15) is 5.26 Å². The number of nitrogens with one attached hydrogen (secondary N) is 1. The minimum atomic E-state index is -0.0662. The number of benzene rings is 2. The zero-order valence-corrected chi connectivity index (χ0v) is 17.8. The van der Waals surface area contributed by atoms with Gasteiger partial charge in [-0.15, -0.1) is 0 Å². The third-order valence-electron chi connectivity index (χ3n) is 5.03. The molecule has 5 nitrogen and oxygen atoms in total. The molecule has 0 heterocycles. The van der Waals surface area contributed by atoms with Crippen molar-refractivity contribution in [3.8, 4) is 17.6 Å². The van der Waals surface area contributed by atoms with Crippen molar-refractivity contribution < 1.29 is 14.3 Å². The first-order valence-electron chi connectivity index (χ1n) is 10.2. The molecule has 1 unspecified atom stereocenters. The van der Waals surface area contributed by atoms with E-state index in [9.17, 15) is 4.79 Å². The molecule has 158 valence electrons. The Morgan fingerprint density at radius 2 is 2.00 bits per heavy atom. The number of hydrogen-bond acceptors (Lipinski definition) is 4. The first-order valence-corrected chi connectivity index (χ1v) is 10.2. The number of ether oxygens (including phenoxy) is 2. The van der Waals surface area contributed by atoms with Gasteiger partial charge in [0.25, 0.3) is 0 Å². The maximum atomic E-state index is 12.6. The topological polar surface area (TPSA) is 71.3 Å². The summed E-state index contributed by atoms with van der Waals surface area (Å²) in [5, 5.41) is 11.9. The first kappa shape index (κ1) is 21.9. The van der Waals surface area contributed by atoms with E-state index in [2.05, 4.69) is 11.4 Å². The average molecular weight is 415 g/mol. The summed E-state index contributed by atoms with van der Waals surface area (Å²) in [5.41, 5.74) is 3.44. The molecule has 1 aliphatic carbocycles. The van der Waals surface area contributed by atoms with E-state index < -0.39 is 0 Å². The summed E-state index contributed by atoms with van der Waals surface area (Å²) < 4.78 is 11.4. The number of hydrogen-bond donors (Lipinski definition) is 1. The van der Waals surface area contributed by atoms with E-state index in [-0.39, 0.29) is 11.8 Å². The van der Waals surface area contributed by atoms with Gasteiger partial charge in [0.2, 0.25) is 5.91 Å². The summed E-state index contributed by atoms with van der Waals surface area (Å²) in [6.45, 7) is 2.45. The standard InChI is InChI=1S/C26H26N2O3/c1-19(15-26(29)28-23-10-6-9-20(17-27)11-13-23)22-12-14-24(30-2)25(16-22)31-18-21-7-4-3-5-8-21/h3-12,14,16,19H,13,15,18H2,1-2H3,(H,28,29). The van der Waals surface area contributed by atoms with Crippen LogP contribution in [0.1, 0.15) is 36.8 Å². The van der Waals surface area contributed by atoms with E-state index in [0.29, 0.717) is 36.5 Å². The molecule has 5 heteroatoms. The average Bonchev–Trinajstić information content (AvgIpc) is 3.03. The molecule has 1 N–H and O–H groups in total. The zero-order valence-electron chi connectivity index (χ0n) is 17.8. The maximum Gasteiger partial charge on any atom is 0.224 e. The molecule has 31 heavy (non-hydrogen) atoms. The molecule has 0 aliphatic heterocycles. The lowest BCUT2D eigenvalue weighted by Gasteiger charge is -2.16. The van der Waals surface area contributed by atoms with Crippen LogP contribution in [-0.4, -0.2) is 13.0 Å². The third-order valence-corrected chi connectivity index (χ3v) is 5.03. The molecule has 1 amide bonds. The van der Waals surface area contributed by atoms with Gasteiger partial charge >= 0.3 is 0 Å². The molecule has 2 aromatic carbocycles. The zero-order chi connectivity index (χ0) is 22.1. The summed E-state index contributed by atoms with van der Waals surface area (Å²) >= 11 is 0. The summed E-state index contributed by atoms with van der Waals surface area (Å²) in [4.78, 5) is 12.6. The predicted octanol–water partition coefficient (Wildman–Crippen LogP) is 5.18. The third kappa shape index (κ3) is 6.35. The van der Waals surface area contributed by atoms with Crippen molar-refractivity contribution in [2.24, 2.45) is 0 Å². The molecule has 0 aromatic heterocycles. The van der Waals surface area contributed by atoms with Crippen molar-refractivity contribution in [2.45, 2.75) is 32.3 Å². The van der Waals surface area contributed by atoms with Crippen molar-refractivity contribution >= 4 is 5.91 Å². The van der Waals surface area contributed by atoms with Gasteiger partial charge in [0.05, 0.1) is 13.2 Å². The Labute approximate surface area is 183 Å². The van der Waals surface area contributed by atoms with Gasteiger partial charge in [-0.3, -0.25) is 4.79 Å².